The summed E-state index contributed by atoms with van der Waals surface area (Å²) in [5.41, 5.74) is -0.118. The number of anilines is 1. The number of pyridine rings is 1. The Morgan fingerprint density at radius 3 is 2.46 bits per heavy atom. The highest BCUT2D eigenvalue weighted by molar-refractivity contribution is 7.92. The Labute approximate surface area is 316 Å². The molecular weight excluding hydrogens is 773 g/mol. The van der Waals surface area contributed by atoms with Crippen LogP contribution >= 0.6 is 23.2 Å². The molecule has 0 aliphatic heterocycles. The van der Waals surface area contributed by atoms with Crippen molar-refractivity contribution in [3.8, 4) is 23.0 Å². The van der Waals surface area contributed by atoms with Crippen LogP contribution in [0.5, 0.6) is 0 Å². The number of rotatable bonds is 9. The molecule has 2 aromatic carbocycles. The Kier molecular flexibility index (Phi) is 9.24. The highest BCUT2D eigenvalue weighted by Crippen LogP contribution is 2.68. The van der Waals surface area contributed by atoms with E-state index in [2.05, 4.69) is 32.1 Å². The molecule has 1 saturated carbocycles. The lowest BCUT2D eigenvalue weighted by Gasteiger charge is -2.23. The average Bonchev–Trinajstić information content (AvgIpc) is 3.62. The van der Waals surface area contributed by atoms with Gasteiger partial charge in [-0.2, -0.15) is 19.0 Å². The number of aromatic nitrogens is 5. The van der Waals surface area contributed by atoms with Crippen molar-refractivity contribution in [1.29, 1.82) is 0 Å². The van der Waals surface area contributed by atoms with E-state index in [1.807, 2.05) is 0 Å². The molecule has 5 aromatic rings. The number of aliphatic hydroxyl groups is 1. The van der Waals surface area contributed by atoms with Crippen molar-refractivity contribution in [2.45, 2.75) is 56.7 Å². The predicted molar refractivity (Wildman–Crippen MR) is 194 cm³/mol. The number of carbonyl (C=O) groups is 1. The van der Waals surface area contributed by atoms with Crippen molar-refractivity contribution in [3.05, 3.63) is 92.5 Å². The summed E-state index contributed by atoms with van der Waals surface area (Å²) in [6, 6.07) is 7.97. The molecule has 7 rings (SSSR count). The topological polar surface area (TPSA) is 144 Å². The zero-order valence-corrected chi connectivity index (χ0v) is 31.3. The van der Waals surface area contributed by atoms with E-state index in [0.29, 0.717) is 22.7 Å². The first-order chi connectivity index (χ1) is 25.2. The van der Waals surface area contributed by atoms with E-state index >= 15 is 8.78 Å². The van der Waals surface area contributed by atoms with E-state index in [1.54, 1.807) is 25.2 Å². The number of fused-ring (bicyclic) bond motifs is 4. The van der Waals surface area contributed by atoms with Crippen LogP contribution < -0.4 is 10.0 Å². The molecule has 11 nitrogen and oxygen atoms in total. The maximum absolute atomic E-state index is 15.3. The second-order valence-corrected chi connectivity index (χ2v) is 16.5. The summed E-state index contributed by atoms with van der Waals surface area (Å²) < 4.78 is 88.7. The quantitative estimate of drug-likeness (QED) is 0.119. The number of alkyl halides is 2. The molecule has 1 fully saturated rings. The number of hydrogen-bond donors (Lipinski definition) is 3. The van der Waals surface area contributed by atoms with E-state index in [1.165, 1.54) is 24.6 Å². The molecule has 0 unspecified atom stereocenters. The fraction of sp³-hybridized carbons (Fsp3) is 0.333. The molecule has 2 aliphatic rings. The van der Waals surface area contributed by atoms with Gasteiger partial charge in [0.1, 0.15) is 35.2 Å². The molecular formula is C36H31Cl2F4N7O4S. The lowest BCUT2D eigenvalue weighted by molar-refractivity contribution is -0.122. The zero-order valence-electron chi connectivity index (χ0n) is 29.0. The van der Waals surface area contributed by atoms with Crippen molar-refractivity contribution in [1.82, 2.24) is 29.9 Å². The number of benzene rings is 2. The average molecular weight is 805 g/mol. The van der Waals surface area contributed by atoms with Crippen LogP contribution in [0.1, 0.15) is 60.4 Å². The summed E-state index contributed by atoms with van der Waals surface area (Å²) in [6.45, 7) is 2.27. The van der Waals surface area contributed by atoms with Crippen LogP contribution in [0, 0.1) is 29.4 Å². The van der Waals surface area contributed by atoms with Gasteiger partial charge in [0, 0.05) is 35.7 Å². The summed E-state index contributed by atoms with van der Waals surface area (Å²) >= 11 is 12.9. The highest BCUT2D eigenvalue weighted by Gasteiger charge is 2.66. The molecule has 0 spiro atoms. The number of amides is 1. The molecule has 3 heterocycles. The molecule has 1 amide bonds. The standard InChI is InChI=1S/C36H31Cl2F4N7O4S/c1-35(2,51)10-9-20-5-6-21(22-7-8-25(37)29-31(22)48(3)46-34(29)47-54(4,52)53)30(43-20)26(13-17-11-18(39)14-19(40)12-17)44-27(50)16-49-32-28(33(38)45-49)23-15-24(23)36(32,41)42/h5-8,11-12,14,23-24,26,51H,13,15-16H2,1-4H3,(H,44,50)(H,46,47)/t23-,24+,26-/m0/s1. The minimum absolute atomic E-state index is 0.0519. The third-order valence-corrected chi connectivity index (χ3v) is 10.3. The first-order valence-corrected chi connectivity index (χ1v) is 19.1. The number of aryl methyl sites for hydroxylation is 1. The fourth-order valence-corrected chi connectivity index (χ4v) is 8.04. The predicted octanol–water partition coefficient (Wildman–Crippen LogP) is 6.22. The van der Waals surface area contributed by atoms with Crippen molar-refractivity contribution in [2.24, 2.45) is 13.0 Å². The molecule has 18 heteroatoms. The second-order valence-electron chi connectivity index (χ2n) is 14.0. The van der Waals surface area contributed by atoms with Crippen LogP contribution in [0.4, 0.5) is 23.4 Å². The normalized spacial score (nSPS) is 17.8. The number of halogens is 6. The lowest BCUT2D eigenvalue weighted by atomic mass is 9.93. The van der Waals surface area contributed by atoms with Gasteiger partial charge in [0.05, 0.1) is 33.9 Å². The molecule has 54 heavy (non-hydrogen) atoms. The van der Waals surface area contributed by atoms with Gasteiger partial charge in [-0.3, -0.25) is 18.9 Å². The van der Waals surface area contributed by atoms with Gasteiger partial charge in [0.2, 0.25) is 15.9 Å². The van der Waals surface area contributed by atoms with Gasteiger partial charge in [0.15, 0.2) is 11.0 Å². The van der Waals surface area contributed by atoms with Crippen molar-refractivity contribution < 1.29 is 35.9 Å². The molecule has 3 aromatic heterocycles. The van der Waals surface area contributed by atoms with Crippen LogP contribution in [0.15, 0.2) is 42.5 Å². The van der Waals surface area contributed by atoms with Gasteiger partial charge >= 0.3 is 0 Å². The van der Waals surface area contributed by atoms with Crippen LogP contribution in [0.2, 0.25) is 10.2 Å². The Hall–Kier alpha value is -4.69. The highest BCUT2D eigenvalue weighted by atomic mass is 35.5. The van der Waals surface area contributed by atoms with Crippen LogP contribution in [-0.4, -0.2) is 55.8 Å². The Bertz CT molecular complexity index is 2540. The molecule has 0 radical (unpaired) electrons. The Morgan fingerprint density at radius 1 is 1.11 bits per heavy atom. The van der Waals surface area contributed by atoms with Gasteiger partial charge < -0.3 is 10.4 Å². The molecule has 3 atom stereocenters. The van der Waals surface area contributed by atoms with Crippen molar-refractivity contribution in [3.63, 3.8) is 0 Å². The summed E-state index contributed by atoms with van der Waals surface area (Å²) in [5, 5.41) is 21.8. The summed E-state index contributed by atoms with van der Waals surface area (Å²) in [6.07, 6.45) is 0.980. The molecule has 282 valence electrons. The summed E-state index contributed by atoms with van der Waals surface area (Å²) in [4.78, 5) is 18.6. The number of hydrogen-bond acceptors (Lipinski definition) is 7. The minimum atomic E-state index is -3.79. The van der Waals surface area contributed by atoms with E-state index in [9.17, 15) is 27.1 Å². The van der Waals surface area contributed by atoms with E-state index in [-0.39, 0.29) is 56.7 Å². The summed E-state index contributed by atoms with van der Waals surface area (Å²) in [5.74, 6) is -1.72. The van der Waals surface area contributed by atoms with Crippen LogP contribution in [0.25, 0.3) is 22.0 Å². The van der Waals surface area contributed by atoms with E-state index in [4.69, 9.17) is 28.2 Å². The summed E-state index contributed by atoms with van der Waals surface area (Å²) in [7, 11) is -2.23. The molecule has 0 saturated heterocycles. The van der Waals surface area contributed by atoms with Crippen LogP contribution in [0.3, 0.4) is 0 Å². The fourth-order valence-electron chi connectivity index (χ4n) is 6.99. The van der Waals surface area contributed by atoms with Crippen molar-refractivity contribution in [2.75, 3.05) is 11.0 Å². The molecule has 2 aliphatic carbocycles. The number of nitrogens with zero attached hydrogens (tertiary/aromatic N) is 5. The monoisotopic (exact) mass is 803 g/mol. The van der Waals surface area contributed by atoms with E-state index < -0.39 is 69.2 Å². The van der Waals surface area contributed by atoms with Gasteiger partial charge in [0.25, 0.3) is 5.92 Å². The third kappa shape index (κ3) is 7.25. The Balaban J connectivity index is 1.38. The molecule has 0 bridgehead atoms. The number of carbonyl (C=O) groups excluding carboxylic acids is 1. The van der Waals surface area contributed by atoms with Gasteiger partial charge in [-0.15, -0.1) is 0 Å². The van der Waals surface area contributed by atoms with Gasteiger partial charge in [-0.25, -0.2) is 22.2 Å². The maximum Gasteiger partial charge on any atom is 0.293 e. The smallest absolute Gasteiger partial charge is 0.293 e. The lowest BCUT2D eigenvalue weighted by Crippen LogP contribution is -2.35. The third-order valence-electron chi connectivity index (χ3n) is 9.14. The largest absolute Gasteiger partial charge is 0.378 e. The Morgan fingerprint density at radius 2 is 1.80 bits per heavy atom. The zero-order chi connectivity index (χ0) is 39.1. The minimum Gasteiger partial charge on any atom is -0.378 e. The first kappa shape index (κ1) is 37.6. The van der Waals surface area contributed by atoms with E-state index in [0.717, 1.165) is 23.1 Å². The van der Waals surface area contributed by atoms with Crippen LogP contribution in [-0.2, 0) is 40.8 Å². The number of sulfonamides is 1. The SMILES string of the molecule is Cn1nc(NS(C)(=O)=O)c2c(Cl)ccc(-c3ccc(C#CC(C)(C)O)nc3[C@H](Cc3cc(F)cc(F)c3)NC(=O)Cn3nc(Cl)c4c3C(F)(F)[C@@H]3C[C@H]43)c21. The first-order valence-electron chi connectivity index (χ1n) is 16.5. The van der Waals surface area contributed by atoms with Crippen molar-refractivity contribution >= 4 is 55.9 Å². The second kappa shape index (κ2) is 13.3. The van der Waals surface area contributed by atoms with Gasteiger partial charge in [-0.1, -0.05) is 35.2 Å². The number of nitrogens with one attached hydrogen (secondary N) is 2. The maximum atomic E-state index is 15.3. The van der Waals surface area contributed by atoms with Gasteiger partial charge in [-0.05, 0) is 74.4 Å². The molecule has 3 N–H and O–H groups in total.